The van der Waals surface area contributed by atoms with E-state index >= 15 is 0 Å². The Kier molecular flexibility index (Phi) is 11.6. The van der Waals surface area contributed by atoms with Crippen molar-refractivity contribution in [3.05, 3.63) is 215 Å². The summed E-state index contributed by atoms with van der Waals surface area (Å²) in [6.45, 7) is 0. The van der Waals surface area contributed by atoms with Crippen LogP contribution in [0, 0.1) is 0 Å². The quantitative estimate of drug-likeness (QED) is 0.0738. The van der Waals surface area contributed by atoms with Crippen molar-refractivity contribution in [1.82, 2.24) is 0 Å². The van der Waals surface area contributed by atoms with E-state index in [0.29, 0.717) is 0 Å². The molecule has 0 N–H and O–H groups in total. The summed E-state index contributed by atoms with van der Waals surface area (Å²) < 4.78 is 41.1. The highest BCUT2D eigenvalue weighted by atomic mass is 28.5. The minimum Gasteiger partial charge on any atom is -0.377 e. The highest BCUT2D eigenvalue weighted by Gasteiger charge is 2.61. The number of benzene rings is 6. The van der Waals surface area contributed by atoms with Crippen LogP contribution in [-0.2, 0) is 37.8 Å². The van der Waals surface area contributed by atoms with Gasteiger partial charge in [0.1, 0.15) is 11.2 Å². The van der Waals surface area contributed by atoms with E-state index < -0.39 is 28.8 Å². The van der Waals surface area contributed by atoms with Crippen LogP contribution < -0.4 is 0 Å². The van der Waals surface area contributed by atoms with Crippen molar-refractivity contribution in [3.63, 3.8) is 0 Å². The van der Waals surface area contributed by atoms with Crippen LogP contribution in [0.2, 0.25) is 5.67 Å². The Morgan fingerprint density at radius 1 is 0.314 bits per heavy atom. The van der Waals surface area contributed by atoms with Crippen molar-refractivity contribution in [2.24, 2.45) is 0 Å². The van der Waals surface area contributed by atoms with E-state index in [-0.39, 0.29) is 5.67 Å². The van der Waals surface area contributed by atoms with Crippen LogP contribution in [0.5, 0.6) is 0 Å². The fourth-order valence-corrected chi connectivity index (χ4v) is 14.1. The van der Waals surface area contributed by atoms with Gasteiger partial charge in [0.25, 0.3) is 0 Å². The first-order valence-corrected chi connectivity index (χ1v) is 20.8. The molecule has 51 heavy (non-hydrogen) atoms. The number of hydrogen-bond donors (Lipinski definition) is 0. The summed E-state index contributed by atoms with van der Waals surface area (Å²) in [7, 11) is -1.12. The zero-order chi connectivity index (χ0) is 35.6. The smallest absolute Gasteiger partial charge is 0.377 e. The lowest BCUT2D eigenvalue weighted by Crippen LogP contribution is -2.61. The fraction of sp³-hybridized carbons (Fsp3) is 0.163. The average Bonchev–Trinajstić information content (AvgIpc) is 3.23. The molecular formula is C43H44O6Si2. The van der Waals surface area contributed by atoms with E-state index in [4.69, 9.17) is 26.6 Å². The monoisotopic (exact) mass is 712 g/mol. The van der Waals surface area contributed by atoms with Crippen LogP contribution in [0.3, 0.4) is 0 Å². The molecule has 0 heterocycles. The third-order valence-corrected chi connectivity index (χ3v) is 16.6. The van der Waals surface area contributed by atoms with Crippen molar-refractivity contribution < 1.29 is 26.6 Å². The molecular weight excluding hydrogens is 669 g/mol. The first-order valence-electron chi connectivity index (χ1n) is 16.9. The number of rotatable bonds is 16. The van der Waals surface area contributed by atoms with E-state index in [0.717, 1.165) is 33.4 Å². The average molecular weight is 713 g/mol. The van der Waals surface area contributed by atoms with Crippen LogP contribution >= 0.6 is 0 Å². The van der Waals surface area contributed by atoms with Gasteiger partial charge in [-0.3, -0.25) is 0 Å². The van der Waals surface area contributed by atoms with Gasteiger partial charge in [0.05, 0.1) is 5.67 Å². The molecule has 0 aromatic heterocycles. The van der Waals surface area contributed by atoms with E-state index in [2.05, 4.69) is 72.8 Å². The maximum Gasteiger partial charge on any atom is 0.506 e. The van der Waals surface area contributed by atoms with Crippen LogP contribution in [0.15, 0.2) is 182 Å². The molecule has 0 fully saturated rings. The molecule has 0 spiro atoms. The molecule has 0 bridgehead atoms. The van der Waals surface area contributed by atoms with Gasteiger partial charge in [-0.05, 0) is 33.4 Å². The van der Waals surface area contributed by atoms with Crippen molar-refractivity contribution >= 4 is 17.6 Å². The molecule has 6 aromatic carbocycles. The predicted octanol–water partition coefficient (Wildman–Crippen LogP) is 9.01. The maximum absolute atomic E-state index is 7.56. The first-order chi connectivity index (χ1) is 25.0. The molecule has 6 nitrogen and oxygen atoms in total. The molecule has 0 unspecified atom stereocenters. The van der Waals surface area contributed by atoms with Crippen molar-refractivity contribution in [3.8, 4) is 0 Å². The molecule has 0 saturated carbocycles. The molecule has 0 atom stereocenters. The summed E-state index contributed by atoms with van der Waals surface area (Å²) in [6, 6.07) is 61.1. The zero-order valence-corrected chi connectivity index (χ0v) is 31.5. The Morgan fingerprint density at radius 3 is 0.647 bits per heavy atom. The van der Waals surface area contributed by atoms with Crippen molar-refractivity contribution in [1.29, 1.82) is 0 Å². The SMILES string of the molecule is CO[Si](C[Si](OC)(OC)OC(c1ccccc1)(c1ccccc1)c1ccccc1)(OC)OC(c1ccccc1)(c1ccccc1)c1ccccc1. The summed E-state index contributed by atoms with van der Waals surface area (Å²) in [5.74, 6) is 0. The molecule has 0 radical (unpaired) electrons. The Balaban J connectivity index is 1.56. The second-order valence-corrected chi connectivity index (χ2v) is 18.3. The highest BCUT2D eigenvalue weighted by molar-refractivity contribution is 6.80. The van der Waals surface area contributed by atoms with Crippen LogP contribution in [-0.4, -0.2) is 46.0 Å². The van der Waals surface area contributed by atoms with Gasteiger partial charge >= 0.3 is 17.6 Å². The van der Waals surface area contributed by atoms with Crippen LogP contribution in [0.25, 0.3) is 0 Å². The first kappa shape index (κ1) is 36.3. The molecule has 6 aromatic rings. The topological polar surface area (TPSA) is 55.4 Å². The minimum absolute atomic E-state index is 0.0997. The van der Waals surface area contributed by atoms with E-state index in [9.17, 15) is 0 Å². The van der Waals surface area contributed by atoms with E-state index in [1.165, 1.54) is 0 Å². The van der Waals surface area contributed by atoms with Crippen LogP contribution in [0.4, 0.5) is 0 Å². The normalized spacial score (nSPS) is 12.5. The van der Waals surface area contributed by atoms with Gasteiger partial charge in [0.15, 0.2) is 0 Å². The summed E-state index contributed by atoms with van der Waals surface area (Å²) >= 11 is 0. The predicted molar refractivity (Wildman–Crippen MR) is 205 cm³/mol. The summed E-state index contributed by atoms with van der Waals surface area (Å²) in [4.78, 5) is 0. The molecule has 0 aliphatic heterocycles. The van der Waals surface area contributed by atoms with Gasteiger partial charge in [-0.1, -0.05) is 182 Å². The maximum atomic E-state index is 7.56. The second-order valence-electron chi connectivity index (χ2n) is 12.1. The molecule has 0 amide bonds. The third kappa shape index (κ3) is 7.19. The molecule has 6 rings (SSSR count). The molecule has 8 heteroatoms. The van der Waals surface area contributed by atoms with Gasteiger partial charge < -0.3 is 26.6 Å². The highest BCUT2D eigenvalue weighted by Crippen LogP contribution is 2.47. The second kappa shape index (κ2) is 16.2. The van der Waals surface area contributed by atoms with Gasteiger partial charge in [0, 0.05) is 28.4 Å². The van der Waals surface area contributed by atoms with Crippen molar-refractivity contribution in [2.75, 3.05) is 28.4 Å². The molecule has 0 saturated heterocycles. The Hall–Kier alpha value is -4.49. The number of hydrogen-bond acceptors (Lipinski definition) is 6. The molecule has 0 aliphatic carbocycles. The van der Waals surface area contributed by atoms with Gasteiger partial charge in [-0.25, -0.2) is 0 Å². The minimum atomic E-state index is -3.82. The Bertz CT molecular complexity index is 1570. The largest absolute Gasteiger partial charge is 0.506 e. The van der Waals surface area contributed by atoms with E-state index in [1.807, 2.05) is 109 Å². The van der Waals surface area contributed by atoms with Gasteiger partial charge in [-0.15, -0.1) is 0 Å². The lowest BCUT2D eigenvalue weighted by atomic mass is 9.80. The summed E-state index contributed by atoms with van der Waals surface area (Å²) in [5.41, 5.74) is 3.37. The Labute approximate surface area is 303 Å². The van der Waals surface area contributed by atoms with E-state index in [1.54, 1.807) is 28.4 Å². The molecule has 0 aliphatic rings. The zero-order valence-electron chi connectivity index (χ0n) is 29.5. The standard InChI is InChI=1S/C43H44O6Si2/c1-44-50(45-2,48-42(36-23-11-5-12-24-36,37-25-13-6-14-26-37)38-27-15-7-16-28-38)35-51(46-3,47-4)49-43(39-29-17-8-18-30-39,40-31-19-9-20-32-40)41-33-21-10-22-34-41/h5-34H,35H2,1-4H3. The van der Waals surface area contributed by atoms with Gasteiger partial charge in [0.2, 0.25) is 0 Å². The lowest BCUT2D eigenvalue weighted by molar-refractivity contribution is 0.00752. The summed E-state index contributed by atoms with van der Waals surface area (Å²) in [5, 5.41) is 0. The third-order valence-electron chi connectivity index (χ3n) is 9.38. The fourth-order valence-electron chi connectivity index (χ4n) is 6.82. The Morgan fingerprint density at radius 2 is 0.490 bits per heavy atom. The lowest BCUT2D eigenvalue weighted by Gasteiger charge is -2.45. The summed E-state index contributed by atoms with van der Waals surface area (Å²) in [6.07, 6.45) is 0. The van der Waals surface area contributed by atoms with Crippen LogP contribution in [0.1, 0.15) is 33.4 Å². The van der Waals surface area contributed by atoms with Gasteiger partial charge in [-0.2, -0.15) is 0 Å². The molecule has 260 valence electrons. The van der Waals surface area contributed by atoms with Crippen molar-refractivity contribution in [2.45, 2.75) is 16.9 Å².